The van der Waals surface area contributed by atoms with Crippen molar-refractivity contribution in [2.24, 2.45) is 11.8 Å². The average Bonchev–Trinajstić information content (AvgIpc) is 3.62. The number of para-hydroxylation sites is 1. The number of carbonyl (C=O) groups is 3. The molecule has 3 heterocycles. The number of fused-ring (bicyclic) bond motifs is 1. The van der Waals surface area contributed by atoms with Crippen LogP contribution in [0.1, 0.15) is 57.8 Å². The number of nitrogens with zero attached hydrogens (tertiary/aromatic N) is 1. The van der Waals surface area contributed by atoms with Crippen molar-refractivity contribution in [3.63, 3.8) is 0 Å². The van der Waals surface area contributed by atoms with Gasteiger partial charge in [0.05, 0.1) is 17.9 Å². The highest BCUT2D eigenvalue weighted by atomic mass is 16.5. The van der Waals surface area contributed by atoms with Gasteiger partial charge in [-0.2, -0.15) is 0 Å². The Labute approximate surface area is 200 Å². The Morgan fingerprint density at radius 3 is 2.38 bits per heavy atom. The Hall–Kier alpha value is -2.67. The van der Waals surface area contributed by atoms with Crippen LogP contribution < -0.4 is 10.6 Å². The van der Waals surface area contributed by atoms with Gasteiger partial charge in [0.25, 0.3) is 0 Å². The molecule has 2 aliphatic carbocycles. The summed E-state index contributed by atoms with van der Waals surface area (Å²) >= 11 is 0. The first-order valence-corrected chi connectivity index (χ1v) is 12.9. The molecule has 180 valence electrons. The molecule has 0 unspecified atom stereocenters. The molecule has 0 aromatic heterocycles. The smallest absolute Gasteiger partial charge is 0.246 e. The summed E-state index contributed by atoms with van der Waals surface area (Å²) in [5, 5.41) is 6.23. The van der Waals surface area contributed by atoms with Gasteiger partial charge >= 0.3 is 0 Å². The normalized spacial score (nSPS) is 35.1. The van der Waals surface area contributed by atoms with Gasteiger partial charge in [0, 0.05) is 17.8 Å². The van der Waals surface area contributed by atoms with Crippen LogP contribution in [0.3, 0.4) is 0 Å². The van der Waals surface area contributed by atoms with E-state index < -0.39 is 29.6 Å². The summed E-state index contributed by atoms with van der Waals surface area (Å²) in [5.74, 6) is -1.76. The molecule has 3 aliphatic heterocycles. The molecule has 34 heavy (non-hydrogen) atoms. The molecule has 7 heteroatoms. The van der Waals surface area contributed by atoms with Gasteiger partial charge in [-0.1, -0.05) is 62.5 Å². The summed E-state index contributed by atoms with van der Waals surface area (Å²) in [4.78, 5) is 43.0. The van der Waals surface area contributed by atoms with E-state index in [1.807, 2.05) is 47.4 Å². The lowest BCUT2D eigenvalue weighted by Crippen LogP contribution is -2.58. The summed E-state index contributed by atoms with van der Waals surface area (Å²) in [6, 6.07) is 8.75. The number of likely N-dealkylation sites (tertiary alicyclic amines) is 1. The maximum absolute atomic E-state index is 14.0. The molecule has 5 aliphatic rings. The monoisotopic (exact) mass is 463 g/mol. The Morgan fingerprint density at radius 1 is 0.941 bits per heavy atom. The van der Waals surface area contributed by atoms with E-state index in [2.05, 4.69) is 10.6 Å². The summed E-state index contributed by atoms with van der Waals surface area (Å²) in [5.41, 5.74) is -0.375. The second kappa shape index (κ2) is 8.52. The molecule has 1 aromatic carbocycles. The highest BCUT2D eigenvalue weighted by Gasteiger charge is 2.73. The van der Waals surface area contributed by atoms with Gasteiger partial charge in [-0.25, -0.2) is 0 Å². The zero-order valence-corrected chi connectivity index (χ0v) is 19.4. The van der Waals surface area contributed by atoms with E-state index in [4.69, 9.17) is 4.74 Å². The summed E-state index contributed by atoms with van der Waals surface area (Å²) in [6.45, 7) is 0. The van der Waals surface area contributed by atoms with Crippen LogP contribution >= 0.6 is 0 Å². The minimum absolute atomic E-state index is 0.0310. The van der Waals surface area contributed by atoms with Gasteiger partial charge < -0.3 is 20.3 Å². The van der Waals surface area contributed by atoms with Crippen LogP contribution in [-0.4, -0.2) is 52.5 Å². The van der Waals surface area contributed by atoms with Crippen molar-refractivity contribution in [2.75, 3.05) is 5.32 Å². The van der Waals surface area contributed by atoms with Gasteiger partial charge in [-0.05, 0) is 37.8 Å². The summed E-state index contributed by atoms with van der Waals surface area (Å²) in [6.07, 6.45) is 12.6. The van der Waals surface area contributed by atoms with Crippen molar-refractivity contribution in [3.8, 4) is 0 Å². The third-order valence-electron chi connectivity index (χ3n) is 8.57. The van der Waals surface area contributed by atoms with Crippen molar-refractivity contribution in [2.45, 2.75) is 87.6 Å². The van der Waals surface area contributed by atoms with E-state index >= 15 is 0 Å². The highest BCUT2D eigenvalue weighted by molar-refractivity contribution is 6.03. The third kappa shape index (κ3) is 3.39. The van der Waals surface area contributed by atoms with Crippen molar-refractivity contribution in [1.82, 2.24) is 10.2 Å². The molecular weight excluding hydrogens is 430 g/mol. The first kappa shape index (κ1) is 21.8. The van der Waals surface area contributed by atoms with Crippen molar-refractivity contribution >= 4 is 23.4 Å². The fraction of sp³-hybridized carbons (Fsp3) is 0.593. The fourth-order valence-electron chi connectivity index (χ4n) is 7.06. The van der Waals surface area contributed by atoms with Gasteiger partial charge in [-0.3, -0.25) is 14.4 Å². The molecule has 5 atom stereocenters. The van der Waals surface area contributed by atoms with Crippen LogP contribution in [0.5, 0.6) is 0 Å². The molecule has 6 rings (SSSR count). The predicted molar refractivity (Wildman–Crippen MR) is 127 cm³/mol. The Kier molecular flexibility index (Phi) is 5.47. The molecule has 2 saturated heterocycles. The zero-order chi connectivity index (χ0) is 23.3. The number of hydrogen-bond donors (Lipinski definition) is 2. The van der Waals surface area contributed by atoms with E-state index in [1.165, 1.54) is 6.42 Å². The van der Waals surface area contributed by atoms with Crippen molar-refractivity contribution in [3.05, 3.63) is 42.5 Å². The lowest BCUT2D eigenvalue weighted by atomic mass is 9.74. The number of anilines is 1. The quantitative estimate of drug-likeness (QED) is 0.657. The SMILES string of the molecule is O=C(Nc1ccccc1)[C@H]1[C@H]2C(=O)N(C3CCCC3)[C@H](C(=O)NC3CCCCC3)[C@@]23C=C[C@H]1O3. The van der Waals surface area contributed by atoms with Gasteiger partial charge in [0.15, 0.2) is 0 Å². The summed E-state index contributed by atoms with van der Waals surface area (Å²) in [7, 11) is 0. The topological polar surface area (TPSA) is 87.7 Å². The lowest BCUT2D eigenvalue weighted by Gasteiger charge is -2.36. The van der Waals surface area contributed by atoms with E-state index in [1.54, 1.807) is 0 Å². The maximum atomic E-state index is 14.0. The van der Waals surface area contributed by atoms with E-state index in [-0.39, 0.29) is 29.8 Å². The number of amides is 3. The Morgan fingerprint density at radius 2 is 1.65 bits per heavy atom. The predicted octanol–water partition coefficient (Wildman–Crippen LogP) is 3.17. The molecular formula is C27H33N3O4. The molecule has 2 N–H and O–H groups in total. The zero-order valence-electron chi connectivity index (χ0n) is 19.4. The van der Waals surface area contributed by atoms with Crippen LogP contribution in [-0.2, 0) is 19.1 Å². The summed E-state index contributed by atoms with van der Waals surface area (Å²) < 4.78 is 6.44. The van der Waals surface area contributed by atoms with Crippen LogP contribution in [0.25, 0.3) is 0 Å². The largest absolute Gasteiger partial charge is 0.359 e. The standard InChI is InChI=1S/C27H33N3O4/c31-24(28-17-9-3-1-4-10-17)21-20-15-16-27(34-20)22(21)26(33)30(19-13-7-8-14-19)23(27)25(32)29-18-11-5-2-6-12-18/h1,3-4,9-10,15-16,18-23H,2,5-8,11-14H2,(H,28,31)(H,29,32)/t20-,21-,22+,23-,27-/m1/s1. The number of rotatable bonds is 5. The van der Waals surface area contributed by atoms with Crippen LogP contribution in [0.2, 0.25) is 0 Å². The van der Waals surface area contributed by atoms with Crippen LogP contribution in [0, 0.1) is 11.8 Å². The minimum Gasteiger partial charge on any atom is -0.359 e. The van der Waals surface area contributed by atoms with Gasteiger partial charge in [0.1, 0.15) is 11.6 Å². The second-order valence-corrected chi connectivity index (χ2v) is 10.6. The number of hydrogen-bond acceptors (Lipinski definition) is 4. The molecule has 1 aromatic rings. The van der Waals surface area contributed by atoms with Crippen LogP contribution in [0.15, 0.2) is 42.5 Å². The van der Waals surface area contributed by atoms with E-state index in [9.17, 15) is 14.4 Å². The van der Waals surface area contributed by atoms with Gasteiger partial charge in [0.2, 0.25) is 17.7 Å². The van der Waals surface area contributed by atoms with Crippen LogP contribution in [0.4, 0.5) is 5.69 Å². The number of carbonyl (C=O) groups excluding carboxylic acids is 3. The molecule has 2 bridgehead atoms. The van der Waals surface area contributed by atoms with Gasteiger partial charge in [-0.15, -0.1) is 0 Å². The highest BCUT2D eigenvalue weighted by Crippen LogP contribution is 2.56. The first-order valence-electron chi connectivity index (χ1n) is 12.9. The average molecular weight is 464 g/mol. The van der Waals surface area contributed by atoms with Crippen molar-refractivity contribution in [1.29, 1.82) is 0 Å². The number of ether oxygens (including phenoxy) is 1. The Bertz CT molecular complexity index is 998. The molecule has 2 saturated carbocycles. The van der Waals surface area contributed by atoms with Crippen molar-refractivity contribution < 1.29 is 19.1 Å². The third-order valence-corrected chi connectivity index (χ3v) is 8.57. The number of benzene rings is 1. The molecule has 4 fully saturated rings. The minimum atomic E-state index is -1.07. The Balaban J connectivity index is 1.32. The number of nitrogens with one attached hydrogen (secondary N) is 2. The van der Waals surface area contributed by atoms with E-state index in [0.29, 0.717) is 5.69 Å². The van der Waals surface area contributed by atoms with E-state index in [0.717, 1.165) is 51.4 Å². The first-order chi connectivity index (χ1) is 16.6. The molecule has 3 amide bonds. The lowest BCUT2D eigenvalue weighted by molar-refractivity contribution is -0.144. The molecule has 0 radical (unpaired) electrons. The molecule has 7 nitrogen and oxygen atoms in total. The fourth-order valence-corrected chi connectivity index (χ4v) is 7.06. The maximum Gasteiger partial charge on any atom is 0.246 e. The second-order valence-electron chi connectivity index (χ2n) is 10.6. The molecule has 1 spiro atoms.